The quantitative estimate of drug-likeness (QED) is 0.519. The van der Waals surface area contributed by atoms with Gasteiger partial charge in [-0.2, -0.15) is 4.39 Å². The molecule has 1 aliphatic carbocycles. The number of ether oxygens (including phenoxy) is 1. The number of rotatable bonds is 2. The van der Waals surface area contributed by atoms with Crippen LogP contribution in [0.4, 0.5) is 8.78 Å². The Balaban J connectivity index is 0.00000182. The van der Waals surface area contributed by atoms with Gasteiger partial charge in [-0.25, -0.2) is 4.39 Å². The summed E-state index contributed by atoms with van der Waals surface area (Å²) in [6, 6.07) is 10.9. The Labute approximate surface area is 162 Å². The summed E-state index contributed by atoms with van der Waals surface area (Å²) in [6.07, 6.45) is 5.05. The average Bonchev–Trinajstić information content (AvgIpc) is 2.64. The Bertz CT molecular complexity index is 792. The topological polar surface area (TPSA) is 9.23 Å². The van der Waals surface area contributed by atoms with Gasteiger partial charge in [0.25, 0.3) is 0 Å². The van der Waals surface area contributed by atoms with Gasteiger partial charge in [0, 0.05) is 5.56 Å². The Hall–Kier alpha value is -2.34. The standard InChI is InChI=1S/C22H22F2O.2CH4/c1-15-3-8-17(9-4-15)18-10-5-16(6-11-18)7-12-19-13-14-20(25-2)22(24)21(19)23;;/h5-6,10-11,13-15,17H,3-4,8-9H2,1-2H3;2*1H4. The predicted octanol–water partition coefficient (Wildman–Crippen LogP) is 6.94. The third-order valence-electron chi connectivity index (χ3n) is 5.01. The van der Waals surface area contributed by atoms with E-state index in [0.717, 1.165) is 11.5 Å². The molecule has 0 bridgehead atoms. The molecular weight excluding hydrogens is 342 g/mol. The number of hydrogen-bond donors (Lipinski definition) is 0. The summed E-state index contributed by atoms with van der Waals surface area (Å²) in [5.41, 5.74) is 2.17. The molecule has 1 fully saturated rings. The van der Waals surface area contributed by atoms with Crippen molar-refractivity contribution in [1.29, 1.82) is 0 Å². The number of benzene rings is 2. The summed E-state index contributed by atoms with van der Waals surface area (Å²) in [5, 5.41) is 0. The van der Waals surface area contributed by atoms with Crippen molar-refractivity contribution in [3.05, 3.63) is 64.7 Å². The Morgan fingerprint density at radius 1 is 0.852 bits per heavy atom. The van der Waals surface area contributed by atoms with Crippen molar-refractivity contribution in [2.75, 3.05) is 7.11 Å². The third-order valence-corrected chi connectivity index (χ3v) is 5.01. The van der Waals surface area contributed by atoms with E-state index in [1.54, 1.807) is 0 Å². The lowest BCUT2D eigenvalue weighted by Gasteiger charge is -2.26. The molecule has 27 heavy (non-hydrogen) atoms. The maximum Gasteiger partial charge on any atom is 0.201 e. The molecule has 0 aliphatic heterocycles. The van der Waals surface area contributed by atoms with E-state index in [-0.39, 0.29) is 26.2 Å². The minimum absolute atomic E-state index is 0. The summed E-state index contributed by atoms with van der Waals surface area (Å²) in [4.78, 5) is 0. The zero-order chi connectivity index (χ0) is 17.8. The van der Waals surface area contributed by atoms with Crippen LogP contribution >= 0.6 is 0 Å². The third kappa shape index (κ3) is 5.32. The number of hydrogen-bond acceptors (Lipinski definition) is 1. The number of methoxy groups -OCH3 is 1. The van der Waals surface area contributed by atoms with E-state index >= 15 is 0 Å². The van der Waals surface area contributed by atoms with Gasteiger partial charge in [0.05, 0.1) is 12.7 Å². The molecule has 0 radical (unpaired) electrons. The molecule has 0 spiro atoms. The van der Waals surface area contributed by atoms with Crippen molar-refractivity contribution >= 4 is 0 Å². The second-order valence-electron chi connectivity index (χ2n) is 6.77. The molecule has 3 rings (SSSR count). The fraction of sp³-hybridized carbons (Fsp3) is 0.417. The molecule has 0 aromatic heterocycles. The van der Waals surface area contributed by atoms with Gasteiger partial charge in [-0.3, -0.25) is 0 Å². The van der Waals surface area contributed by atoms with Crippen LogP contribution in [0.15, 0.2) is 36.4 Å². The van der Waals surface area contributed by atoms with Gasteiger partial charge >= 0.3 is 0 Å². The van der Waals surface area contributed by atoms with Crippen molar-refractivity contribution in [2.24, 2.45) is 5.92 Å². The van der Waals surface area contributed by atoms with E-state index in [1.165, 1.54) is 50.5 Å². The van der Waals surface area contributed by atoms with Crippen LogP contribution in [0.3, 0.4) is 0 Å². The Morgan fingerprint density at radius 3 is 2.07 bits per heavy atom. The van der Waals surface area contributed by atoms with Crippen LogP contribution < -0.4 is 4.74 Å². The maximum atomic E-state index is 13.9. The van der Waals surface area contributed by atoms with Crippen LogP contribution in [0.5, 0.6) is 5.75 Å². The predicted molar refractivity (Wildman–Crippen MR) is 109 cm³/mol. The van der Waals surface area contributed by atoms with Gasteiger partial charge in [0.1, 0.15) is 0 Å². The van der Waals surface area contributed by atoms with Crippen molar-refractivity contribution < 1.29 is 13.5 Å². The molecule has 1 nitrogen and oxygen atoms in total. The van der Waals surface area contributed by atoms with E-state index in [2.05, 4.69) is 30.9 Å². The highest BCUT2D eigenvalue weighted by Crippen LogP contribution is 2.35. The summed E-state index contributed by atoms with van der Waals surface area (Å²) < 4.78 is 32.4. The lowest BCUT2D eigenvalue weighted by molar-refractivity contribution is 0.348. The smallest absolute Gasteiger partial charge is 0.201 e. The highest BCUT2D eigenvalue weighted by atomic mass is 19.2. The highest BCUT2D eigenvalue weighted by molar-refractivity contribution is 5.46. The zero-order valence-corrected chi connectivity index (χ0v) is 14.6. The zero-order valence-electron chi connectivity index (χ0n) is 14.6. The van der Waals surface area contributed by atoms with Crippen LogP contribution in [0.1, 0.15) is 70.1 Å². The molecule has 0 amide bonds. The summed E-state index contributed by atoms with van der Waals surface area (Å²) in [5.74, 6) is 4.98. The molecule has 0 atom stereocenters. The van der Waals surface area contributed by atoms with Crippen LogP contribution in [0.2, 0.25) is 0 Å². The van der Waals surface area contributed by atoms with Crippen molar-refractivity contribution in [1.82, 2.24) is 0 Å². The molecule has 2 aromatic carbocycles. The fourth-order valence-corrected chi connectivity index (χ4v) is 3.36. The van der Waals surface area contributed by atoms with Crippen LogP contribution in [0, 0.1) is 29.4 Å². The van der Waals surface area contributed by atoms with Crippen molar-refractivity contribution in [2.45, 2.75) is 53.4 Å². The molecule has 0 N–H and O–H groups in total. The summed E-state index contributed by atoms with van der Waals surface area (Å²) >= 11 is 0. The molecule has 1 saturated carbocycles. The van der Waals surface area contributed by atoms with E-state index in [4.69, 9.17) is 4.74 Å². The fourth-order valence-electron chi connectivity index (χ4n) is 3.36. The van der Waals surface area contributed by atoms with E-state index in [1.807, 2.05) is 12.1 Å². The number of halogens is 2. The van der Waals surface area contributed by atoms with Crippen LogP contribution in [-0.4, -0.2) is 7.11 Å². The van der Waals surface area contributed by atoms with Gasteiger partial charge in [0.2, 0.25) is 5.82 Å². The average molecular weight is 372 g/mol. The van der Waals surface area contributed by atoms with Crippen molar-refractivity contribution in [3.63, 3.8) is 0 Å². The van der Waals surface area contributed by atoms with Gasteiger partial charge in [-0.15, -0.1) is 0 Å². The first-order chi connectivity index (χ1) is 12.1. The van der Waals surface area contributed by atoms with Gasteiger partial charge in [0.15, 0.2) is 11.6 Å². The molecule has 0 unspecified atom stereocenters. The SMILES string of the molecule is C.C.COc1ccc(C#Cc2ccc(C3CCC(C)CC3)cc2)c(F)c1F. The maximum absolute atomic E-state index is 13.9. The Kier molecular flexibility index (Phi) is 8.50. The molecule has 1 aliphatic rings. The minimum Gasteiger partial charge on any atom is -0.494 e. The second-order valence-corrected chi connectivity index (χ2v) is 6.77. The Morgan fingerprint density at radius 2 is 1.48 bits per heavy atom. The highest BCUT2D eigenvalue weighted by Gasteiger charge is 2.19. The lowest BCUT2D eigenvalue weighted by atomic mass is 9.79. The molecule has 0 saturated heterocycles. The molecular formula is C24H30F2O. The van der Waals surface area contributed by atoms with E-state index < -0.39 is 11.6 Å². The van der Waals surface area contributed by atoms with Crippen molar-refractivity contribution in [3.8, 4) is 17.6 Å². The molecule has 146 valence electrons. The van der Waals surface area contributed by atoms with Crippen LogP contribution in [0.25, 0.3) is 0 Å². The van der Waals surface area contributed by atoms with Gasteiger partial charge in [-0.1, -0.05) is 58.6 Å². The monoisotopic (exact) mass is 372 g/mol. The van der Waals surface area contributed by atoms with E-state index in [0.29, 0.717) is 5.92 Å². The summed E-state index contributed by atoms with van der Waals surface area (Å²) in [7, 11) is 1.30. The second kappa shape index (κ2) is 10.1. The van der Waals surface area contributed by atoms with Crippen LogP contribution in [-0.2, 0) is 0 Å². The minimum atomic E-state index is -1.00. The lowest BCUT2D eigenvalue weighted by Crippen LogP contribution is -2.10. The first-order valence-corrected chi connectivity index (χ1v) is 8.72. The van der Waals surface area contributed by atoms with Gasteiger partial charge in [-0.05, 0) is 54.5 Å². The largest absolute Gasteiger partial charge is 0.494 e. The van der Waals surface area contributed by atoms with Gasteiger partial charge < -0.3 is 4.74 Å². The first kappa shape index (κ1) is 22.7. The molecule has 2 aromatic rings. The molecule has 0 heterocycles. The normalized spacial score (nSPS) is 18.4. The summed E-state index contributed by atoms with van der Waals surface area (Å²) in [6.45, 7) is 2.32. The first-order valence-electron chi connectivity index (χ1n) is 8.72. The molecule has 3 heteroatoms. The van der Waals surface area contributed by atoms with E-state index in [9.17, 15) is 8.78 Å².